The summed E-state index contributed by atoms with van der Waals surface area (Å²) >= 11 is 0. The summed E-state index contributed by atoms with van der Waals surface area (Å²) in [5, 5.41) is 0. The summed E-state index contributed by atoms with van der Waals surface area (Å²) in [5.74, 6) is 0.494. The molecule has 0 rings (SSSR count). The minimum absolute atomic E-state index is 0. The molecule has 76 valence electrons. The molecular formula is C8H19KO3S. The Balaban J connectivity index is 0. The van der Waals surface area contributed by atoms with Gasteiger partial charge in [0.2, 0.25) is 0 Å². The van der Waals surface area contributed by atoms with Gasteiger partial charge < -0.3 is 0 Å². The average molecular weight is 234 g/mol. The molecule has 0 heterocycles. The molecule has 0 aromatic heterocycles. The first-order valence-electron chi connectivity index (χ1n) is 4.20. The van der Waals surface area contributed by atoms with Gasteiger partial charge in [0.25, 0.3) is 10.1 Å². The predicted octanol–water partition coefficient (Wildman–Crippen LogP) is 0.996. The van der Waals surface area contributed by atoms with Crippen LogP contribution in [0, 0.1) is 11.8 Å². The summed E-state index contributed by atoms with van der Waals surface area (Å²) in [4.78, 5) is 0. The van der Waals surface area contributed by atoms with Gasteiger partial charge in [-0.1, -0.05) is 27.7 Å². The zero-order valence-electron chi connectivity index (χ0n) is 8.20. The molecule has 0 aromatic rings. The van der Waals surface area contributed by atoms with E-state index in [0.29, 0.717) is 0 Å². The van der Waals surface area contributed by atoms with Gasteiger partial charge in [0.15, 0.2) is 0 Å². The van der Waals surface area contributed by atoms with E-state index in [9.17, 15) is 8.42 Å². The maximum atomic E-state index is 11.1. The molecule has 0 radical (unpaired) electrons. The molecule has 0 N–H and O–H groups in total. The van der Waals surface area contributed by atoms with E-state index in [4.69, 9.17) is 4.18 Å². The second-order valence-electron chi connectivity index (χ2n) is 3.80. The van der Waals surface area contributed by atoms with Crippen LogP contribution in [0.3, 0.4) is 0 Å². The van der Waals surface area contributed by atoms with Gasteiger partial charge in [0, 0.05) is 0 Å². The number of hydrogen-bond acceptors (Lipinski definition) is 3. The minimum atomic E-state index is -3.28. The van der Waals surface area contributed by atoms with Crippen LogP contribution < -0.4 is 0 Å². The summed E-state index contributed by atoms with van der Waals surface area (Å²) in [6.07, 6.45) is 0. The molecule has 0 saturated heterocycles. The van der Waals surface area contributed by atoms with Crippen LogP contribution in [0.2, 0.25) is 0 Å². The van der Waals surface area contributed by atoms with E-state index in [1.54, 1.807) is 0 Å². The first-order valence-corrected chi connectivity index (χ1v) is 5.78. The van der Waals surface area contributed by atoms with Crippen LogP contribution in [0.15, 0.2) is 0 Å². The molecule has 0 saturated carbocycles. The Morgan fingerprint density at radius 3 is 1.85 bits per heavy atom. The topological polar surface area (TPSA) is 43.4 Å². The molecule has 0 spiro atoms. The number of hydrogen-bond donors (Lipinski definition) is 0. The predicted molar refractivity (Wildman–Crippen MR) is 56.6 cm³/mol. The third kappa shape index (κ3) is 11.5. The van der Waals surface area contributed by atoms with Crippen molar-refractivity contribution in [2.24, 2.45) is 11.8 Å². The Morgan fingerprint density at radius 1 is 1.08 bits per heavy atom. The molecule has 0 aliphatic rings. The van der Waals surface area contributed by atoms with E-state index in [2.05, 4.69) is 0 Å². The zero-order chi connectivity index (χ0) is 9.78. The fourth-order valence-corrected chi connectivity index (χ4v) is 2.09. The number of rotatable bonds is 5. The Labute approximate surface area is 124 Å². The van der Waals surface area contributed by atoms with Gasteiger partial charge in [0.05, 0.1) is 12.4 Å². The third-order valence-corrected chi connectivity index (χ3v) is 2.69. The molecule has 13 heavy (non-hydrogen) atoms. The van der Waals surface area contributed by atoms with Gasteiger partial charge in [-0.2, -0.15) is 8.42 Å². The monoisotopic (exact) mass is 234 g/mol. The van der Waals surface area contributed by atoms with Gasteiger partial charge in [-0.25, -0.2) is 0 Å². The van der Waals surface area contributed by atoms with Crippen LogP contribution in [0.5, 0.6) is 0 Å². The van der Waals surface area contributed by atoms with Crippen molar-refractivity contribution in [1.29, 1.82) is 0 Å². The Hall–Kier alpha value is 1.55. The Bertz CT molecular complexity index is 209. The molecule has 0 aliphatic heterocycles. The fourth-order valence-electron chi connectivity index (χ4n) is 0.696. The van der Waals surface area contributed by atoms with Gasteiger partial charge in [0.1, 0.15) is 0 Å². The second kappa shape index (κ2) is 7.79. The van der Waals surface area contributed by atoms with Gasteiger partial charge in [-0.3, -0.25) is 4.18 Å². The molecule has 0 amide bonds. The fraction of sp³-hybridized carbons (Fsp3) is 1.00. The molecule has 0 atom stereocenters. The normalized spacial score (nSPS) is 11.8. The van der Waals surface area contributed by atoms with Gasteiger partial charge >= 0.3 is 51.4 Å². The molecule has 0 unspecified atom stereocenters. The van der Waals surface area contributed by atoms with Crippen molar-refractivity contribution in [1.82, 2.24) is 0 Å². The van der Waals surface area contributed by atoms with Crippen LogP contribution in [0.1, 0.15) is 27.7 Å². The first-order chi connectivity index (χ1) is 5.33. The van der Waals surface area contributed by atoms with Crippen LogP contribution in [0.25, 0.3) is 0 Å². The van der Waals surface area contributed by atoms with E-state index < -0.39 is 10.1 Å². The second-order valence-corrected chi connectivity index (χ2v) is 5.48. The quantitative estimate of drug-likeness (QED) is 0.526. The third-order valence-electron chi connectivity index (χ3n) is 1.12. The zero-order valence-corrected chi connectivity index (χ0v) is 9.02. The van der Waals surface area contributed by atoms with Crippen LogP contribution in [-0.4, -0.2) is 72.2 Å². The van der Waals surface area contributed by atoms with Crippen LogP contribution >= 0.6 is 0 Å². The Kier molecular flexibility index (Phi) is 10.2. The van der Waals surface area contributed by atoms with Crippen molar-refractivity contribution in [3.8, 4) is 0 Å². The van der Waals surface area contributed by atoms with Crippen molar-refractivity contribution >= 4 is 61.5 Å². The van der Waals surface area contributed by atoms with E-state index in [0.717, 1.165) is 0 Å². The van der Waals surface area contributed by atoms with Crippen molar-refractivity contribution < 1.29 is 12.6 Å². The maximum absolute atomic E-state index is 11.1. The van der Waals surface area contributed by atoms with E-state index >= 15 is 0 Å². The Morgan fingerprint density at radius 2 is 1.54 bits per heavy atom. The molecule has 0 aliphatic carbocycles. The van der Waals surface area contributed by atoms with Crippen LogP contribution in [0.4, 0.5) is 0 Å². The van der Waals surface area contributed by atoms with Crippen molar-refractivity contribution in [2.45, 2.75) is 27.7 Å². The van der Waals surface area contributed by atoms with Crippen molar-refractivity contribution in [3.05, 3.63) is 0 Å². The van der Waals surface area contributed by atoms with Crippen molar-refractivity contribution in [2.75, 3.05) is 12.4 Å². The summed E-state index contributed by atoms with van der Waals surface area (Å²) in [5.41, 5.74) is 0. The van der Waals surface area contributed by atoms with E-state index in [1.807, 2.05) is 27.7 Å². The van der Waals surface area contributed by atoms with Crippen LogP contribution in [-0.2, 0) is 14.3 Å². The van der Waals surface area contributed by atoms with E-state index in [1.165, 1.54) is 0 Å². The first kappa shape index (κ1) is 17.0. The molecule has 3 nitrogen and oxygen atoms in total. The SMILES string of the molecule is CC(C)COS(=O)(=O)CC(C)C.[KH]. The van der Waals surface area contributed by atoms with Crippen molar-refractivity contribution in [3.63, 3.8) is 0 Å². The molecular weight excluding hydrogens is 215 g/mol. The van der Waals surface area contributed by atoms with Gasteiger partial charge in [-0.15, -0.1) is 0 Å². The standard InChI is InChI=1S/C8H18O3S.K.H/c1-7(2)5-11-12(9,10)6-8(3)4;;/h7-8H,5-6H2,1-4H3;;. The summed E-state index contributed by atoms with van der Waals surface area (Å²) in [6, 6.07) is 0. The van der Waals surface area contributed by atoms with E-state index in [-0.39, 0.29) is 75.6 Å². The molecule has 0 aromatic carbocycles. The summed E-state index contributed by atoms with van der Waals surface area (Å²) < 4.78 is 27.0. The average Bonchev–Trinajstić information content (AvgIpc) is 1.81. The molecule has 0 bridgehead atoms. The summed E-state index contributed by atoms with van der Waals surface area (Å²) in [6.45, 7) is 7.84. The summed E-state index contributed by atoms with van der Waals surface area (Å²) in [7, 11) is -3.28. The van der Waals surface area contributed by atoms with Gasteiger partial charge in [-0.05, 0) is 11.8 Å². The molecule has 0 fully saturated rings. The molecule has 5 heteroatoms.